The number of hydrogen-bond acceptors (Lipinski definition) is 5. The molecule has 2 rings (SSSR count). The Bertz CT molecular complexity index is 731. The molecule has 1 aromatic heterocycles. The van der Waals surface area contributed by atoms with Crippen molar-refractivity contribution in [3.05, 3.63) is 58.3 Å². The van der Waals surface area contributed by atoms with E-state index in [0.29, 0.717) is 6.54 Å². The number of carbonyl (C=O) groups excluding carboxylic acids is 3. The first-order valence-corrected chi connectivity index (χ1v) is 9.15. The molecule has 7 heteroatoms. The Labute approximate surface area is 156 Å². The fourth-order valence-corrected chi connectivity index (χ4v) is 3.13. The third kappa shape index (κ3) is 6.33. The van der Waals surface area contributed by atoms with Gasteiger partial charge in [0, 0.05) is 18.3 Å². The van der Waals surface area contributed by atoms with Crippen molar-refractivity contribution in [3.63, 3.8) is 0 Å². The molecule has 26 heavy (non-hydrogen) atoms. The van der Waals surface area contributed by atoms with E-state index < -0.39 is 18.1 Å². The molecule has 6 nitrogen and oxygen atoms in total. The van der Waals surface area contributed by atoms with Gasteiger partial charge in [0.15, 0.2) is 6.10 Å². The molecular weight excluding hydrogens is 352 g/mol. The van der Waals surface area contributed by atoms with Gasteiger partial charge >= 0.3 is 5.97 Å². The number of carbonyl (C=O) groups is 3. The largest absolute Gasteiger partial charge is 0.452 e. The molecule has 0 radical (unpaired) electrons. The Morgan fingerprint density at radius 1 is 1.12 bits per heavy atom. The van der Waals surface area contributed by atoms with Crippen molar-refractivity contribution >= 4 is 29.1 Å². The van der Waals surface area contributed by atoms with Gasteiger partial charge in [-0.25, -0.2) is 0 Å². The number of nitrogens with one attached hydrogen (secondary N) is 2. The van der Waals surface area contributed by atoms with Crippen LogP contribution in [0.4, 0.5) is 0 Å². The standard InChI is InChI=1S/C19H22N2O4S/c1-13(19(24)20-12-15-7-4-3-5-8-15)25-18(23)11-16(21-14(2)22)17-9-6-10-26-17/h3-10,13,16H,11-12H2,1-2H3,(H,20,24)(H,21,22). The van der Waals surface area contributed by atoms with Gasteiger partial charge in [0.2, 0.25) is 5.91 Å². The van der Waals surface area contributed by atoms with Crippen molar-refractivity contribution in [3.8, 4) is 0 Å². The maximum atomic E-state index is 12.2. The first kappa shape index (κ1) is 19.7. The molecule has 2 N–H and O–H groups in total. The molecule has 138 valence electrons. The summed E-state index contributed by atoms with van der Waals surface area (Å²) < 4.78 is 5.21. The highest BCUT2D eigenvalue weighted by atomic mass is 32.1. The summed E-state index contributed by atoms with van der Waals surface area (Å²) in [5, 5.41) is 7.34. The molecule has 0 saturated carbocycles. The predicted octanol–water partition coefficient (Wildman–Crippen LogP) is 2.56. The van der Waals surface area contributed by atoms with Crippen LogP contribution in [-0.4, -0.2) is 23.9 Å². The molecule has 0 aliphatic heterocycles. The summed E-state index contributed by atoms with van der Waals surface area (Å²) in [4.78, 5) is 36.5. The van der Waals surface area contributed by atoms with E-state index in [0.717, 1.165) is 10.4 Å². The van der Waals surface area contributed by atoms with Crippen LogP contribution in [0.25, 0.3) is 0 Å². The highest BCUT2D eigenvalue weighted by Gasteiger charge is 2.23. The summed E-state index contributed by atoms with van der Waals surface area (Å²) in [6.45, 7) is 3.29. The summed E-state index contributed by atoms with van der Waals surface area (Å²) in [5.74, 6) is -1.14. The van der Waals surface area contributed by atoms with Crippen molar-refractivity contribution in [2.24, 2.45) is 0 Å². The summed E-state index contributed by atoms with van der Waals surface area (Å²) in [6, 6.07) is 12.7. The monoisotopic (exact) mass is 374 g/mol. The molecule has 0 fully saturated rings. The minimum Gasteiger partial charge on any atom is -0.452 e. The average Bonchev–Trinajstić information content (AvgIpc) is 3.14. The number of hydrogen-bond donors (Lipinski definition) is 2. The zero-order valence-corrected chi connectivity index (χ0v) is 15.5. The topological polar surface area (TPSA) is 84.5 Å². The van der Waals surface area contributed by atoms with E-state index in [1.165, 1.54) is 25.2 Å². The average molecular weight is 374 g/mol. The van der Waals surface area contributed by atoms with E-state index in [1.807, 2.05) is 47.8 Å². The Morgan fingerprint density at radius 2 is 1.85 bits per heavy atom. The highest BCUT2D eigenvalue weighted by molar-refractivity contribution is 7.10. The first-order valence-electron chi connectivity index (χ1n) is 8.27. The molecule has 0 aliphatic rings. The van der Waals surface area contributed by atoms with Crippen molar-refractivity contribution < 1.29 is 19.1 Å². The number of benzene rings is 1. The van der Waals surface area contributed by atoms with Gasteiger partial charge in [-0.2, -0.15) is 0 Å². The fraction of sp³-hybridized carbons (Fsp3) is 0.316. The van der Waals surface area contributed by atoms with Crippen LogP contribution in [0, 0.1) is 0 Å². The maximum absolute atomic E-state index is 12.2. The van der Waals surface area contributed by atoms with Gasteiger partial charge in [-0.15, -0.1) is 11.3 Å². The van der Waals surface area contributed by atoms with Crippen LogP contribution in [0.3, 0.4) is 0 Å². The normalized spacial score (nSPS) is 12.7. The van der Waals surface area contributed by atoms with Gasteiger partial charge in [-0.1, -0.05) is 36.4 Å². The molecule has 1 aromatic carbocycles. The molecule has 1 heterocycles. The molecule has 2 atom stereocenters. The van der Waals surface area contributed by atoms with Crippen molar-refractivity contribution in [2.75, 3.05) is 0 Å². The Morgan fingerprint density at radius 3 is 2.46 bits per heavy atom. The van der Waals surface area contributed by atoms with Crippen LogP contribution >= 0.6 is 11.3 Å². The summed E-state index contributed by atoms with van der Waals surface area (Å²) >= 11 is 1.44. The molecular formula is C19H22N2O4S. The minimum atomic E-state index is -0.910. The molecule has 2 aromatic rings. The van der Waals surface area contributed by atoms with Gasteiger partial charge < -0.3 is 15.4 Å². The van der Waals surface area contributed by atoms with Crippen LogP contribution in [0.5, 0.6) is 0 Å². The van der Waals surface area contributed by atoms with Gasteiger partial charge in [0.1, 0.15) is 0 Å². The fourth-order valence-electron chi connectivity index (χ4n) is 2.35. The lowest BCUT2D eigenvalue weighted by Gasteiger charge is -2.18. The van der Waals surface area contributed by atoms with Gasteiger partial charge in [-0.3, -0.25) is 14.4 Å². The second-order valence-corrected chi connectivity index (χ2v) is 6.79. The van der Waals surface area contributed by atoms with Crippen molar-refractivity contribution in [1.29, 1.82) is 0 Å². The molecule has 0 spiro atoms. The molecule has 0 saturated heterocycles. The number of thiophene rings is 1. The van der Waals surface area contributed by atoms with Crippen molar-refractivity contribution in [1.82, 2.24) is 10.6 Å². The maximum Gasteiger partial charge on any atom is 0.309 e. The molecule has 0 bridgehead atoms. The van der Waals surface area contributed by atoms with Crippen LogP contribution < -0.4 is 10.6 Å². The molecule has 2 amide bonds. The smallest absolute Gasteiger partial charge is 0.309 e. The predicted molar refractivity (Wildman–Crippen MR) is 99.3 cm³/mol. The van der Waals surface area contributed by atoms with Crippen LogP contribution in [-0.2, 0) is 25.7 Å². The van der Waals surface area contributed by atoms with E-state index in [9.17, 15) is 14.4 Å². The van der Waals surface area contributed by atoms with Crippen molar-refractivity contribution in [2.45, 2.75) is 39.0 Å². The van der Waals surface area contributed by atoms with Crippen LogP contribution in [0.2, 0.25) is 0 Å². The van der Waals surface area contributed by atoms with Crippen LogP contribution in [0.1, 0.15) is 36.8 Å². The second-order valence-electron chi connectivity index (χ2n) is 5.81. The van der Waals surface area contributed by atoms with Gasteiger partial charge in [-0.05, 0) is 23.9 Å². The Balaban J connectivity index is 1.84. The summed E-state index contributed by atoms with van der Waals surface area (Å²) in [6.07, 6.45) is -0.941. The lowest BCUT2D eigenvalue weighted by molar-refractivity contribution is -0.155. The van der Waals surface area contributed by atoms with Gasteiger partial charge in [0.25, 0.3) is 5.91 Å². The minimum absolute atomic E-state index is 0.0314. The number of amides is 2. The SMILES string of the molecule is CC(=O)NC(CC(=O)OC(C)C(=O)NCc1ccccc1)c1cccs1. The zero-order valence-electron chi connectivity index (χ0n) is 14.7. The zero-order chi connectivity index (χ0) is 18.9. The lowest BCUT2D eigenvalue weighted by atomic mass is 10.1. The quantitative estimate of drug-likeness (QED) is 0.696. The third-order valence-electron chi connectivity index (χ3n) is 3.62. The van der Waals surface area contributed by atoms with E-state index in [2.05, 4.69) is 10.6 Å². The number of esters is 1. The van der Waals surface area contributed by atoms with E-state index in [4.69, 9.17) is 4.74 Å². The van der Waals surface area contributed by atoms with Crippen LogP contribution in [0.15, 0.2) is 47.8 Å². The molecule has 0 aliphatic carbocycles. The van der Waals surface area contributed by atoms with E-state index in [-0.39, 0.29) is 18.2 Å². The Hall–Kier alpha value is -2.67. The third-order valence-corrected chi connectivity index (χ3v) is 4.61. The van der Waals surface area contributed by atoms with E-state index >= 15 is 0 Å². The number of ether oxygens (including phenoxy) is 1. The summed E-state index contributed by atoms with van der Waals surface area (Å²) in [5.41, 5.74) is 0.961. The first-order chi connectivity index (χ1) is 12.5. The summed E-state index contributed by atoms with van der Waals surface area (Å²) in [7, 11) is 0. The lowest BCUT2D eigenvalue weighted by Crippen LogP contribution is -2.36. The Kier molecular flexibility index (Phi) is 7.35. The number of rotatable bonds is 8. The molecule has 2 unspecified atom stereocenters. The second kappa shape index (κ2) is 9.72. The highest BCUT2D eigenvalue weighted by Crippen LogP contribution is 2.22. The van der Waals surface area contributed by atoms with Gasteiger partial charge in [0.05, 0.1) is 12.5 Å². The van der Waals surface area contributed by atoms with E-state index in [1.54, 1.807) is 0 Å².